The molecule has 0 spiro atoms. The van der Waals surface area contributed by atoms with Crippen LogP contribution in [0.5, 0.6) is 0 Å². The first-order valence-corrected chi connectivity index (χ1v) is 7.21. The Bertz CT molecular complexity index is 537. The van der Waals surface area contributed by atoms with Crippen molar-refractivity contribution in [2.24, 2.45) is 5.73 Å². The minimum absolute atomic E-state index is 0.277. The lowest BCUT2D eigenvalue weighted by molar-refractivity contribution is 0.182. The maximum absolute atomic E-state index is 5.57. The van der Waals surface area contributed by atoms with Gasteiger partial charge in [0.25, 0.3) is 0 Å². The lowest BCUT2D eigenvalue weighted by Crippen LogP contribution is -2.25. The summed E-state index contributed by atoms with van der Waals surface area (Å²) in [4.78, 5) is 4.32. The van der Waals surface area contributed by atoms with Gasteiger partial charge in [0.05, 0.1) is 6.61 Å². The smallest absolute Gasteiger partial charge is 0.191 e. The summed E-state index contributed by atoms with van der Waals surface area (Å²) in [5.74, 6) is 0.675. The molecule has 0 radical (unpaired) electrons. The zero-order valence-electron chi connectivity index (χ0n) is 12.6. The van der Waals surface area contributed by atoms with Crippen molar-refractivity contribution >= 4 is 5.69 Å². The molecule has 1 aromatic heterocycles. The first-order valence-electron chi connectivity index (χ1n) is 7.21. The Hall–Kier alpha value is -1.85. The molecule has 5 heteroatoms. The number of benzene rings is 1. The molecular weight excluding hydrogens is 266 g/mol. The van der Waals surface area contributed by atoms with Gasteiger partial charge in [-0.05, 0) is 31.5 Å². The maximum Gasteiger partial charge on any atom is 0.191 e. The molecule has 21 heavy (non-hydrogen) atoms. The van der Waals surface area contributed by atoms with Crippen molar-refractivity contribution in [3.63, 3.8) is 0 Å². The van der Waals surface area contributed by atoms with Crippen molar-refractivity contribution in [3.05, 3.63) is 36.4 Å². The quantitative estimate of drug-likeness (QED) is 0.781. The van der Waals surface area contributed by atoms with Crippen LogP contribution in [0, 0.1) is 6.92 Å². The van der Waals surface area contributed by atoms with E-state index >= 15 is 0 Å². The van der Waals surface area contributed by atoms with E-state index in [1.807, 2.05) is 31.2 Å². The zero-order chi connectivity index (χ0) is 15.1. The number of ether oxygens (including phenoxy) is 1. The molecule has 0 aliphatic carbocycles. The number of oxazole rings is 1. The molecule has 2 aromatic rings. The summed E-state index contributed by atoms with van der Waals surface area (Å²) < 4.78 is 10.5. The van der Waals surface area contributed by atoms with E-state index in [9.17, 15) is 0 Å². The molecule has 1 unspecified atom stereocenters. The second-order valence-corrected chi connectivity index (χ2v) is 5.06. The van der Waals surface area contributed by atoms with Crippen molar-refractivity contribution in [1.29, 1.82) is 0 Å². The van der Waals surface area contributed by atoms with Crippen molar-refractivity contribution < 1.29 is 9.15 Å². The van der Waals surface area contributed by atoms with E-state index < -0.39 is 0 Å². The average molecular weight is 289 g/mol. The molecular formula is C16H23N3O2. The van der Waals surface area contributed by atoms with Gasteiger partial charge >= 0.3 is 0 Å². The number of hydrogen-bond acceptors (Lipinski definition) is 5. The van der Waals surface area contributed by atoms with Gasteiger partial charge in [-0.25, -0.2) is 4.98 Å². The lowest BCUT2D eigenvalue weighted by Gasteiger charge is -2.19. The van der Waals surface area contributed by atoms with E-state index in [0.29, 0.717) is 19.0 Å². The van der Waals surface area contributed by atoms with Crippen molar-refractivity contribution in [2.75, 3.05) is 25.6 Å². The van der Waals surface area contributed by atoms with E-state index in [2.05, 4.69) is 10.3 Å². The van der Waals surface area contributed by atoms with Gasteiger partial charge in [0.1, 0.15) is 12.0 Å². The Balaban J connectivity index is 2.00. The Morgan fingerprint density at radius 1 is 1.33 bits per heavy atom. The van der Waals surface area contributed by atoms with Crippen LogP contribution in [0.4, 0.5) is 5.69 Å². The summed E-state index contributed by atoms with van der Waals surface area (Å²) in [6, 6.07) is 8.44. The van der Waals surface area contributed by atoms with Crippen LogP contribution in [0.15, 0.2) is 34.9 Å². The maximum atomic E-state index is 5.57. The van der Waals surface area contributed by atoms with Crippen LogP contribution in [0.1, 0.15) is 18.7 Å². The molecule has 0 bridgehead atoms. The molecule has 0 fully saturated rings. The number of rotatable bonds is 8. The molecule has 0 saturated carbocycles. The van der Waals surface area contributed by atoms with E-state index in [4.69, 9.17) is 14.9 Å². The SMILES string of the molecule is COCC(CCCN)Nc1ccc(-c2coc(C)n2)cc1. The minimum atomic E-state index is 0.277. The third-order valence-corrected chi connectivity index (χ3v) is 3.30. The van der Waals surface area contributed by atoms with E-state index in [0.717, 1.165) is 29.8 Å². The first-order chi connectivity index (χ1) is 10.2. The number of nitrogens with zero attached hydrogens (tertiary/aromatic N) is 1. The molecule has 0 aliphatic heterocycles. The van der Waals surface area contributed by atoms with Gasteiger partial charge in [-0.1, -0.05) is 12.1 Å². The van der Waals surface area contributed by atoms with Gasteiger partial charge < -0.3 is 20.2 Å². The number of nitrogens with one attached hydrogen (secondary N) is 1. The monoisotopic (exact) mass is 289 g/mol. The Morgan fingerprint density at radius 3 is 2.67 bits per heavy atom. The minimum Gasteiger partial charge on any atom is -0.449 e. The van der Waals surface area contributed by atoms with Crippen LogP contribution < -0.4 is 11.1 Å². The second kappa shape index (κ2) is 7.81. The van der Waals surface area contributed by atoms with E-state index in [1.165, 1.54) is 0 Å². The average Bonchev–Trinajstić information content (AvgIpc) is 2.92. The standard InChI is InChI=1S/C16H23N3O2/c1-12-18-16(11-21-12)13-5-7-14(8-6-13)19-15(10-20-2)4-3-9-17/h5-8,11,15,19H,3-4,9-10,17H2,1-2H3. The lowest BCUT2D eigenvalue weighted by atomic mass is 10.1. The molecule has 1 aromatic carbocycles. The fourth-order valence-corrected chi connectivity index (χ4v) is 2.23. The van der Waals surface area contributed by atoms with E-state index in [1.54, 1.807) is 13.4 Å². The highest BCUT2D eigenvalue weighted by molar-refractivity contribution is 5.61. The molecule has 0 aliphatic rings. The van der Waals surface area contributed by atoms with Gasteiger partial charge in [0.15, 0.2) is 5.89 Å². The van der Waals surface area contributed by atoms with E-state index in [-0.39, 0.29) is 6.04 Å². The number of aryl methyl sites for hydroxylation is 1. The molecule has 1 heterocycles. The van der Waals surface area contributed by atoms with Crippen LogP contribution >= 0.6 is 0 Å². The predicted molar refractivity (Wildman–Crippen MR) is 84.3 cm³/mol. The number of hydrogen-bond donors (Lipinski definition) is 2. The molecule has 2 rings (SSSR count). The number of nitrogens with two attached hydrogens (primary N) is 1. The van der Waals surface area contributed by atoms with Crippen LogP contribution in [-0.4, -0.2) is 31.3 Å². The third-order valence-electron chi connectivity index (χ3n) is 3.30. The van der Waals surface area contributed by atoms with Gasteiger partial charge in [-0.15, -0.1) is 0 Å². The predicted octanol–water partition coefficient (Wildman–Crippen LogP) is 2.82. The molecule has 0 amide bonds. The molecule has 3 N–H and O–H groups in total. The number of aromatic nitrogens is 1. The summed E-state index contributed by atoms with van der Waals surface area (Å²) in [5.41, 5.74) is 8.54. The number of anilines is 1. The highest BCUT2D eigenvalue weighted by Crippen LogP contribution is 2.21. The fourth-order valence-electron chi connectivity index (χ4n) is 2.23. The van der Waals surface area contributed by atoms with Gasteiger partial charge in [0.2, 0.25) is 0 Å². The van der Waals surface area contributed by atoms with Crippen LogP contribution in [0.2, 0.25) is 0 Å². The first kappa shape index (κ1) is 15.5. The largest absolute Gasteiger partial charge is 0.449 e. The summed E-state index contributed by atoms with van der Waals surface area (Å²) in [6.07, 6.45) is 3.65. The number of methoxy groups -OCH3 is 1. The second-order valence-electron chi connectivity index (χ2n) is 5.06. The van der Waals surface area contributed by atoms with Crippen LogP contribution in [0.3, 0.4) is 0 Å². The summed E-state index contributed by atoms with van der Waals surface area (Å²) in [7, 11) is 1.72. The third kappa shape index (κ3) is 4.58. The molecule has 5 nitrogen and oxygen atoms in total. The summed E-state index contributed by atoms with van der Waals surface area (Å²) in [6.45, 7) is 3.21. The summed E-state index contributed by atoms with van der Waals surface area (Å²) >= 11 is 0. The highest BCUT2D eigenvalue weighted by Gasteiger charge is 2.08. The van der Waals surface area contributed by atoms with Crippen molar-refractivity contribution in [3.8, 4) is 11.3 Å². The molecule has 1 atom stereocenters. The van der Waals surface area contributed by atoms with Crippen LogP contribution in [0.25, 0.3) is 11.3 Å². The topological polar surface area (TPSA) is 73.3 Å². The zero-order valence-corrected chi connectivity index (χ0v) is 12.6. The summed E-state index contributed by atoms with van der Waals surface area (Å²) in [5, 5.41) is 3.47. The van der Waals surface area contributed by atoms with Crippen LogP contribution in [-0.2, 0) is 4.74 Å². The highest BCUT2D eigenvalue weighted by atomic mass is 16.5. The fraction of sp³-hybridized carbons (Fsp3) is 0.438. The van der Waals surface area contributed by atoms with Gasteiger partial charge in [-0.3, -0.25) is 0 Å². The Kier molecular flexibility index (Phi) is 5.78. The molecule has 114 valence electrons. The van der Waals surface area contributed by atoms with Gasteiger partial charge in [-0.2, -0.15) is 0 Å². The molecule has 0 saturated heterocycles. The van der Waals surface area contributed by atoms with Crippen molar-refractivity contribution in [1.82, 2.24) is 4.98 Å². The van der Waals surface area contributed by atoms with Crippen molar-refractivity contribution in [2.45, 2.75) is 25.8 Å². The normalized spacial score (nSPS) is 12.3. The Labute approximate surface area is 125 Å². The van der Waals surface area contributed by atoms with Gasteiger partial charge in [0, 0.05) is 31.3 Å². The Morgan fingerprint density at radius 2 is 2.10 bits per heavy atom.